The van der Waals surface area contributed by atoms with Crippen LogP contribution < -0.4 is 5.32 Å². The topological polar surface area (TPSA) is 82.3 Å². The molecule has 6 nitrogen and oxygen atoms in total. The lowest BCUT2D eigenvalue weighted by atomic mass is 10.0. The number of H-pyrrole nitrogens is 2. The zero-order valence-corrected chi connectivity index (χ0v) is 16.6. The third-order valence-corrected chi connectivity index (χ3v) is 5.74. The molecule has 0 bridgehead atoms. The normalized spacial score (nSPS) is 14.3. The third-order valence-electron chi connectivity index (χ3n) is 5.74. The van der Waals surface area contributed by atoms with Crippen LogP contribution in [0.1, 0.15) is 12.1 Å². The number of aromatic nitrogens is 5. The van der Waals surface area contributed by atoms with Gasteiger partial charge in [-0.15, -0.1) is 0 Å². The molecule has 0 unspecified atom stereocenters. The van der Waals surface area contributed by atoms with Crippen molar-refractivity contribution in [3.8, 4) is 22.5 Å². The first kappa shape index (κ1) is 18.0. The SMILES string of the molecule is Fc1ccc(-c2ccnc3[nH]c(-c4n[nH]c5ccc(C6=CCNCC6)nc45)cc23)cc1. The second kappa shape index (κ2) is 7.14. The van der Waals surface area contributed by atoms with Gasteiger partial charge in [-0.2, -0.15) is 5.10 Å². The number of aromatic amines is 2. The monoisotopic (exact) mass is 410 g/mol. The standard InChI is InChI=1S/C24H19FN6/c25-16-3-1-14(2-4-16)17-9-12-27-24-18(17)13-21(29-24)23-22-20(30-31-23)6-5-19(28-22)15-7-10-26-11-8-15/h1-7,9,12-13,26H,8,10-11H2,(H,27,29)(H,30,31). The molecule has 1 aliphatic rings. The molecule has 0 saturated carbocycles. The van der Waals surface area contributed by atoms with E-state index in [1.165, 1.54) is 17.7 Å². The number of nitrogens with one attached hydrogen (secondary N) is 3. The summed E-state index contributed by atoms with van der Waals surface area (Å²) in [7, 11) is 0. The summed E-state index contributed by atoms with van der Waals surface area (Å²) in [5.41, 5.74) is 8.23. The van der Waals surface area contributed by atoms with Gasteiger partial charge in [0.15, 0.2) is 0 Å². The lowest BCUT2D eigenvalue weighted by Crippen LogP contribution is -2.20. The highest BCUT2D eigenvalue weighted by atomic mass is 19.1. The van der Waals surface area contributed by atoms with Gasteiger partial charge in [0.1, 0.15) is 22.7 Å². The molecule has 7 heteroatoms. The van der Waals surface area contributed by atoms with Gasteiger partial charge in [-0.25, -0.2) is 14.4 Å². The van der Waals surface area contributed by atoms with Crippen molar-refractivity contribution in [2.75, 3.05) is 13.1 Å². The Balaban J connectivity index is 1.48. The van der Waals surface area contributed by atoms with Crippen molar-refractivity contribution in [2.45, 2.75) is 6.42 Å². The Labute approximate surface area is 177 Å². The van der Waals surface area contributed by atoms with Crippen molar-refractivity contribution in [1.82, 2.24) is 30.5 Å². The van der Waals surface area contributed by atoms with Crippen LogP contribution in [-0.4, -0.2) is 38.2 Å². The lowest BCUT2D eigenvalue weighted by molar-refractivity contribution is 0.628. The molecule has 152 valence electrons. The van der Waals surface area contributed by atoms with Crippen molar-refractivity contribution in [3.63, 3.8) is 0 Å². The van der Waals surface area contributed by atoms with E-state index in [1.807, 2.05) is 24.3 Å². The van der Waals surface area contributed by atoms with Crippen LogP contribution in [0.4, 0.5) is 4.39 Å². The maximum absolute atomic E-state index is 13.4. The Kier molecular flexibility index (Phi) is 4.14. The minimum absolute atomic E-state index is 0.252. The Bertz CT molecular complexity index is 1440. The molecule has 0 aliphatic carbocycles. The quantitative estimate of drug-likeness (QED) is 0.403. The molecule has 6 rings (SSSR count). The molecule has 5 aromatic rings. The fourth-order valence-corrected chi connectivity index (χ4v) is 4.16. The zero-order chi connectivity index (χ0) is 20.8. The lowest BCUT2D eigenvalue weighted by Gasteiger charge is -2.13. The molecule has 0 radical (unpaired) electrons. The highest BCUT2D eigenvalue weighted by Gasteiger charge is 2.16. The van der Waals surface area contributed by atoms with Gasteiger partial charge in [-0.1, -0.05) is 18.2 Å². The van der Waals surface area contributed by atoms with E-state index in [4.69, 9.17) is 4.98 Å². The van der Waals surface area contributed by atoms with Gasteiger partial charge in [-0.3, -0.25) is 5.10 Å². The molecule has 0 fully saturated rings. The maximum atomic E-state index is 13.4. The first-order valence-electron chi connectivity index (χ1n) is 10.3. The fourth-order valence-electron chi connectivity index (χ4n) is 4.16. The van der Waals surface area contributed by atoms with E-state index in [-0.39, 0.29) is 5.82 Å². The van der Waals surface area contributed by atoms with Crippen molar-refractivity contribution in [2.24, 2.45) is 0 Å². The number of halogens is 1. The molecule has 5 heterocycles. The summed E-state index contributed by atoms with van der Waals surface area (Å²) < 4.78 is 13.4. The molecule has 0 saturated heterocycles. The summed E-state index contributed by atoms with van der Waals surface area (Å²) in [6.07, 6.45) is 4.91. The van der Waals surface area contributed by atoms with Gasteiger partial charge in [0, 0.05) is 18.1 Å². The van der Waals surface area contributed by atoms with E-state index < -0.39 is 0 Å². The average molecular weight is 410 g/mol. The number of hydrogen-bond donors (Lipinski definition) is 3. The van der Waals surface area contributed by atoms with Crippen LogP contribution in [-0.2, 0) is 0 Å². The van der Waals surface area contributed by atoms with Crippen molar-refractivity contribution in [1.29, 1.82) is 0 Å². The Morgan fingerprint density at radius 1 is 1.00 bits per heavy atom. The Morgan fingerprint density at radius 2 is 1.90 bits per heavy atom. The van der Waals surface area contributed by atoms with Crippen molar-refractivity contribution in [3.05, 3.63) is 72.3 Å². The van der Waals surface area contributed by atoms with E-state index >= 15 is 0 Å². The van der Waals surface area contributed by atoms with Gasteiger partial charge >= 0.3 is 0 Å². The molecule has 3 N–H and O–H groups in total. The molecule has 0 amide bonds. The van der Waals surface area contributed by atoms with Crippen LogP contribution in [0.5, 0.6) is 0 Å². The van der Waals surface area contributed by atoms with Gasteiger partial charge in [0.05, 0.1) is 16.9 Å². The fraction of sp³-hybridized carbons (Fsp3) is 0.125. The number of pyridine rings is 2. The van der Waals surface area contributed by atoms with Crippen molar-refractivity contribution >= 4 is 27.6 Å². The molecular weight excluding hydrogens is 391 g/mol. The van der Waals surface area contributed by atoms with E-state index in [9.17, 15) is 4.39 Å². The molecule has 1 aliphatic heterocycles. The van der Waals surface area contributed by atoms with E-state index in [2.05, 4.69) is 31.6 Å². The van der Waals surface area contributed by atoms with Gasteiger partial charge in [0.2, 0.25) is 0 Å². The number of rotatable bonds is 3. The van der Waals surface area contributed by atoms with Crippen LogP contribution in [0.15, 0.2) is 60.8 Å². The largest absolute Gasteiger partial charge is 0.338 e. The summed E-state index contributed by atoms with van der Waals surface area (Å²) in [5.74, 6) is -0.252. The summed E-state index contributed by atoms with van der Waals surface area (Å²) in [6.45, 7) is 1.83. The molecule has 31 heavy (non-hydrogen) atoms. The molecule has 1 aromatic carbocycles. The Hall–Kier alpha value is -3.84. The second-order valence-corrected chi connectivity index (χ2v) is 7.66. The van der Waals surface area contributed by atoms with Crippen LogP contribution in [0.25, 0.3) is 50.2 Å². The smallest absolute Gasteiger partial charge is 0.138 e. The highest BCUT2D eigenvalue weighted by molar-refractivity contribution is 5.98. The van der Waals surface area contributed by atoms with Gasteiger partial charge in [0.25, 0.3) is 0 Å². The number of nitrogens with zero attached hydrogens (tertiary/aromatic N) is 3. The molecule has 4 aromatic heterocycles. The predicted molar refractivity (Wildman–Crippen MR) is 120 cm³/mol. The summed E-state index contributed by atoms with van der Waals surface area (Å²) in [6, 6.07) is 14.5. The minimum atomic E-state index is -0.252. The van der Waals surface area contributed by atoms with Crippen LogP contribution >= 0.6 is 0 Å². The first-order valence-corrected chi connectivity index (χ1v) is 10.3. The van der Waals surface area contributed by atoms with Gasteiger partial charge < -0.3 is 10.3 Å². The Morgan fingerprint density at radius 3 is 2.74 bits per heavy atom. The zero-order valence-electron chi connectivity index (χ0n) is 16.6. The van der Waals surface area contributed by atoms with E-state index in [0.717, 1.165) is 69.8 Å². The summed E-state index contributed by atoms with van der Waals surface area (Å²) >= 11 is 0. The maximum Gasteiger partial charge on any atom is 0.138 e. The van der Waals surface area contributed by atoms with E-state index in [0.29, 0.717) is 0 Å². The molecule has 0 spiro atoms. The van der Waals surface area contributed by atoms with Crippen LogP contribution in [0, 0.1) is 5.82 Å². The minimum Gasteiger partial charge on any atom is -0.338 e. The molecular formula is C24H19FN6. The molecule has 0 atom stereocenters. The van der Waals surface area contributed by atoms with Crippen LogP contribution in [0.3, 0.4) is 0 Å². The van der Waals surface area contributed by atoms with Gasteiger partial charge in [-0.05, 0) is 66.1 Å². The highest BCUT2D eigenvalue weighted by Crippen LogP contribution is 2.33. The summed E-state index contributed by atoms with van der Waals surface area (Å²) in [5, 5.41) is 11.9. The third kappa shape index (κ3) is 3.10. The number of hydrogen-bond acceptors (Lipinski definition) is 4. The average Bonchev–Trinajstić information content (AvgIpc) is 3.43. The second-order valence-electron chi connectivity index (χ2n) is 7.66. The van der Waals surface area contributed by atoms with Crippen molar-refractivity contribution < 1.29 is 4.39 Å². The predicted octanol–water partition coefficient (Wildman–Crippen LogP) is 4.68. The summed E-state index contributed by atoms with van der Waals surface area (Å²) in [4.78, 5) is 12.8. The first-order chi connectivity index (χ1) is 15.3. The number of benzene rings is 1. The number of fused-ring (bicyclic) bond motifs is 2. The van der Waals surface area contributed by atoms with E-state index in [1.54, 1.807) is 18.3 Å². The van der Waals surface area contributed by atoms with Crippen LogP contribution in [0.2, 0.25) is 0 Å².